The van der Waals surface area contributed by atoms with Crippen LogP contribution in [0, 0.1) is 24.1 Å². The number of carbonyl (C=O) groups is 2. The van der Waals surface area contributed by atoms with Crippen LogP contribution < -0.4 is 10.2 Å². The summed E-state index contributed by atoms with van der Waals surface area (Å²) in [6.45, 7) is 12.4. The molecule has 1 fully saturated rings. The molecular formula is C30H35FN8O2. The number of carbonyl (C=O) groups excluding carboxylic acids is 2. The van der Waals surface area contributed by atoms with Crippen LogP contribution in [-0.4, -0.2) is 62.9 Å². The van der Waals surface area contributed by atoms with E-state index in [-0.39, 0.29) is 40.9 Å². The van der Waals surface area contributed by atoms with E-state index in [4.69, 9.17) is 0 Å². The van der Waals surface area contributed by atoms with Crippen LogP contribution >= 0.6 is 0 Å². The summed E-state index contributed by atoms with van der Waals surface area (Å²) in [5, 5.41) is 20.7. The second kappa shape index (κ2) is 11.9. The Balaban J connectivity index is 1.61. The van der Waals surface area contributed by atoms with Crippen molar-refractivity contribution in [2.45, 2.75) is 58.7 Å². The molecule has 0 bridgehead atoms. The zero-order chi connectivity index (χ0) is 29.9. The minimum atomic E-state index is -0.480. The number of piperidine rings is 1. The number of hydrogen-bond acceptors (Lipinski definition) is 7. The minimum Gasteiger partial charge on any atom is -0.368 e. The fourth-order valence-electron chi connectivity index (χ4n) is 4.94. The van der Waals surface area contributed by atoms with Crippen LogP contribution in [-0.2, 0) is 16.9 Å². The molecule has 0 spiro atoms. The summed E-state index contributed by atoms with van der Waals surface area (Å²) < 4.78 is 17.6. The number of nitriles is 1. The van der Waals surface area contributed by atoms with Crippen molar-refractivity contribution in [3.05, 3.63) is 71.6 Å². The normalized spacial score (nSPS) is 15.2. The molecule has 10 nitrogen and oxygen atoms in total. The highest BCUT2D eigenvalue weighted by atomic mass is 19.1. The molecule has 1 aliphatic rings. The van der Waals surface area contributed by atoms with Gasteiger partial charge >= 0.3 is 0 Å². The summed E-state index contributed by atoms with van der Waals surface area (Å²) >= 11 is 0. The van der Waals surface area contributed by atoms with E-state index in [1.807, 2.05) is 20.8 Å². The van der Waals surface area contributed by atoms with Gasteiger partial charge in [-0.3, -0.25) is 14.6 Å². The van der Waals surface area contributed by atoms with Crippen LogP contribution in [0.4, 0.5) is 10.1 Å². The Hall–Kier alpha value is -4.59. The third kappa shape index (κ3) is 6.11. The van der Waals surface area contributed by atoms with Gasteiger partial charge in [-0.15, -0.1) is 5.10 Å². The predicted molar refractivity (Wildman–Crippen MR) is 153 cm³/mol. The summed E-state index contributed by atoms with van der Waals surface area (Å²) in [5.74, 6) is -1.05. The van der Waals surface area contributed by atoms with Crippen LogP contribution in [0.1, 0.15) is 60.8 Å². The van der Waals surface area contributed by atoms with Crippen molar-refractivity contribution >= 4 is 17.5 Å². The van der Waals surface area contributed by atoms with Crippen molar-refractivity contribution in [3.63, 3.8) is 0 Å². The highest BCUT2D eigenvalue weighted by Gasteiger charge is 2.29. The van der Waals surface area contributed by atoms with Gasteiger partial charge in [0.15, 0.2) is 5.69 Å². The van der Waals surface area contributed by atoms with Crippen molar-refractivity contribution < 1.29 is 14.0 Å². The van der Waals surface area contributed by atoms with Crippen LogP contribution in [0.25, 0.3) is 11.1 Å². The van der Waals surface area contributed by atoms with Gasteiger partial charge in [-0.1, -0.05) is 23.9 Å². The number of nitrogens with zero attached hydrogens (tertiary/aromatic N) is 7. The molecule has 1 unspecified atom stereocenters. The van der Waals surface area contributed by atoms with Gasteiger partial charge in [-0.25, -0.2) is 9.07 Å². The van der Waals surface area contributed by atoms with Crippen molar-refractivity contribution in [1.29, 1.82) is 5.26 Å². The lowest BCUT2D eigenvalue weighted by Gasteiger charge is -2.39. The number of hydrogen-bond donors (Lipinski definition) is 1. The fourth-order valence-corrected chi connectivity index (χ4v) is 4.94. The first-order chi connectivity index (χ1) is 19.5. The Bertz CT molecular complexity index is 1520. The standard InChI is InChI=1S/C30H35FN8O2/c1-7-26(40)37(6)22-9-8-12-38(17-22)25-16-33-14-21(13-32)27(25)23-11-10-20(19(2)28(23)31)15-34-29(41)24-18-39(36-35-24)30(3,4)5/h7,10-11,14,16,18,22H,1,8-9,12,15,17H2,2-6H3,(H,34,41). The number of amides is 2. The van der Waals surface area contributed by atoms with Crippen LogP contribution in [0.5, 0.6) is 0 Å². The number of likely N-dealkylation sites (N-methyl/N-ethyl adjacent to an activating group) is 1. The Kier molecular flexibility index (Phi) is 8.52. The number of anilines is 1. The molecule has 3 aromatic rings. The number of rotatable bonds is 7. The molecule has 1 saturated heterocycles. The van der Waals surface area contributed by atoms with Gasteiger partial charge in [0.25, 0.3) is 5.91 Å². The van der Waals surface area contributed by atoms with E-state index >= 15 is 4.39 Å². The van der Waals surface area contributed by atoms with Crippen molar-refractivity contribution in [2.75, 3.05) is 25.0 Å². The molecular weight excluding hydrogens is 523 g/mol. The van der Waals surface area contributed by atoms with Crippen LogP contribution in [0.3, 0.4) is 0 Å². The molecule has 2 aromatic heterocycles. The van der Waals surface area contributed by atoms with E-state index in [2.05, 4.69) is 38.2 Å². The topological polar surface area (TPSA) is 120 Å². The highest BCUT2D eigenvalue weighted by molar-refractivity contribution is 5.92. The number of aromatic nitrogens is 4. The van der Waals surface area contributed by atoms with Crippen LogP contribution in [0.15, 0.2) is 43.4 Å². The molecule has 214 valence electrons. The van der Waals surface area contributed by atoms with E-state index in [1.54, 1.807) is 48.1 Å². The second-order valence-electron chi connectivity index (χ2n) is 11.2. The zero-order valence-electron chi connectivity index (χ0n) is 24.1. The number of benzene rings is 1. The van der Waals surface area contributed by atoms with Gasteiger partial charge in [0.05, 0.1) is 29.2 Å². The van der Waals surface area contributed by atoms with Gasteiger partial charge in [0.1, 0.15) is 11.9 Å². The van der Waals surface area contributed by atoms with E-state index in [0.29, 0.717) is 35.5 Å². The van der Waals surface area contributed by atoms with Crippen molar-refractivity contribution in [2.24, 2.45) is 0 Å². The molecule has 1 aliphatic heterocycles. The summed E-state index contributed by atoms with van der Waals surface area (Å²) in [4.78, 5) is 32.9. The minimum absolute atomic E-state index is 0.0598. The van der Waals surface area contributed by atoms with E-state index < -0.39 is 11.7 Å². The van der Waals surface area contributed by atoms with Crippen molar-refractivity contribution in [3.8, 4) is 17.2 Å². The van der Waals surface area contributed by atoms with Crippen molar-refractivity contribution in [1.82, 2.24) is 30.2 Å². The van der Waals surface area contributed by atoms with Gasteiger partial charge < -0.3 is 15.1 Å². The molecule has 1 aromatic carbocycles. The van der Waals surface area contributed by atoms with Gasteiger partial charge in [-0.05, 0) is 57.7 Å². The molecule has 4 rings (SSSR count). The maximum Gasteiger partial charge on any atom is 0.273 e. The third-order valence-corrected chi connectivity index (χ3v) is 7.47. The predicted octanol–water partition coefficient (Wildman–Crippen LogP) is 3.96. The first kappa shape index (κ1) is 29.4. The Labute approximate surface area is 239 Å². The van der Waals surface area contributed by atoms with E-state index in [1.165, 1.54) is 12.3 Å². The molecule has 0 saturated carbocycles. The number of halogens is 1. The second-order valence-corrected chi connectivity index (χ2v) is 11.2. The fraction of sp³-hybridized carbons (Fsp3) is 0.400. The monoisotopic (exact) mass is 558 g/mol. The Morgan fingerprint density at radius 1 is 1.32 bits per heavy atom. The molecule has 0 aliphatic carbocycles. The lowest BCUT2D eigenvalue weighted by atomic mass is 9.94. The van der Waals surface area contributed by atoms with E-state index in [0.717, 1.165) is 12.8 Å². The first-order valence-electron chi connectivity index (χ1n) is 13.5. The summed E-state index contributed by atoms with van der Waals surface area (Å²) in [7, 11) is 1.75. The molecule has 1 N–H and O–H groups in total. The molecule has 41 heavy (non-hydrogen) atoms. The summed E-state index contributed by atoms with van der Waals surface area (Å²) in [6.07, 6.45) is 7.59. The Morgan fingerprint density at radius 3 is 2.73 bits per heavy atom. The van der Waals surface area contributed by atoms with Gasteiger partial charge in [0, 0.05) is 50.0 Å². The smallest absolute Gasteiger partial charge is 0.273 e. The SMILES string of the molecule is C=CC(=O)N(C)C1CCCN(c2cncc(C#N)c2-c2ccc(CNC(=O)c3cn(C(C)(C)C)nn3)c(C)c2F)C1. The third-order valence-electron chi connectivity index (χ3n) is 7.47. The lowest BCUT2D eigenvalue weighted by molar-refractivity contribution is -0.126. The number of pyridine rings is 1. The molecule has 2 amide bonds. The Morgan fingerprint density at radius 2 is 2.07 bits per heavy atom. The maximum atomic E-state index is 16.0. The average Bonchev–Trinajstić information content (AvgIpc) is 3.48. The largest absolute Gasteiger partial charge is 0.368 e. The lowest BCUT2D eigenvalue weighted by Crippen LogP contribution is -2.48. The first-order valence-corrected chi connectivity index (χ1v) is 13.5. The summed E-state index contributed by atoms with van der Waals surface area (Å²) in [5.41, 5.74) is 2.43. The van der Waals surface area contributed by atoms with Crippen LogP contribution in [0.2, 0.25) is 0 Å². The average molecular weight is 559 g/mol. The molecule has 0 radical (unpaired) electrons. The molecule has 11 heteroatoms. The quantitative estimate of drug-likeness (QED) is 0.436. The zero-order valence-corrected chi connectivity index (χ0v) is 24.1. The van der Waals surface area contributed by atoms with Gasteiger partial charge in [0.2, 0.25) is 5.91 Å². The maximum absolute atomic E-state index is 16.0. The molecule has 1 atom stereocenters. The summed E-state index contributed by atoms with van der Waals surface area (Å²) in [6, 6.07) is 5.49. The number of nitrogens with one attached hydrogen (secondary N) is 1. The molecule has 3 heterocycles. The van der Waals surface area contributed by atoms with Gasteiger partial charge in [-0.2, -0.15) is 5.26 Å². The van der Waals surface area contributed by atoms with E-state index in [9.17, 15) is 14.9 Å². The highest BCUT2D eigenvalue weighted by Crippen LogP contribution is 2.38.